The highest BCUT2D eigenvalue weighted by atomic mass is 19.4. The van der Waals surface area contributed by atoms with Crippen molar-refractivity contribution in [3.63, 3.8) is 0 Å². The summed E-state index contributed by atoms with van der Waals surface area (Å²) in [6.07, 6.45) is -0.619. The quantitative estimate of drug-likeness (QED) is 0.865. The van der Waals surface area contributed by atoms with Crippen LogP contribution in [0.4, 0.5) is 13.2 Å². The van der Waals surface area contributed by atoms with E-state index < -0.39 is 12.1 Å². The van der Waals surface area contributed by atoms with Crippen molar-refractivity contribution in [1.82, 2.24) is 15.5 Å². The molecule has 2 atom stereocenters. The Morgan fingerprint density at radius 1 is 1.23 bits per heavy atom. The maximum absolute atomic E-state index is 12.5. The van der Waals surface area contributed by atoms with E-state index in [0.717, 1.165) is 25.7 Å². The lowest BCUT2D eigenvalue weighted by molar-refractivity contribution is -0.159. The Bertz CT molecular complexity index is 758. The molecule has 1 amide bonds. The topological polar surface area (TPSA) is 94.0 Å². The molecule has 0 radical (unpaired) electrons. The minimum atomic E-state index is -4.69. The van der Waals surface area contributed by atoms with E-state index in [4.69, 9.17) is 5.73 Å². The normalized spacial score (nSPS) is 20.8. The number of hydrogen-bond donors (Lipinski definition) is 2. The summed E-state index contributed by atoms with van der Waals surface area (Å²) >= 11 is 0. The minimum Gasteiger partial charge on any atom is -0.349 e. The molecule has 2 aromatic rings. The van der Waals surface area contributed by atoms with E-state index in [9.17, 15) is 18.0 Å². The fourth-order valence-electron chi connectivity index (χ4n) is 3.16. The van der Waals surface area contributed by atoms with Gasteiger partial charge >= 0.3 is 12.1 Å². The van der Waals surface area contributed by atoms with Gasteiger partial charge in [0.15, 0.2) is 0 Å². The van der Waals surface area contributed by atoms with Gasteiger partial charge in [0.05, 0.1) is 0 Å². The number of rotatable bonds is 4. The highest BCUT2D eigenvalue weighted by Gasteiger charge is 2.38. The van der Waals surface area contributed by atoms with Crippen LogP contribution in [0, 0.1) is 5.92 Å². The lowest BCUT2D eigenvalue weighted by atomic mass is 9.84. The van der Waals surface area contributed by atoms with Gasteiger partial charge in [0, 0.05) is 17.2 Å². The van der Waals surface area contributed by atoms with Crippen LogP contribution in [0.15, 0.2) is 28.8 Å². The van der Waals surface area contributed by atoms with Crippen LogP contribution >= 0.6 is 0 Å². The molecule has 1 aliphatic carbocycles. The molecule has 6 nitrogen and oxygen atoms in total. The van der Waals surface area contributed by atoms with Gasteiger partial charge < -0.3 is 15.6 Å². The van der Waals surface area contributed by atoms with Gasteiger partial charge in [-0.15, -0.1) is 0 Å². The van der Waals surface area contributed by atoms with Crippen LogP contribution in [-0.4, -0.2) is 28.6 Å². The third kappa shape index (κ3) is 4.04. The van der Waals surface area contributed by atoms with Gasteiger partial charge in [0.1, 0.15) is 0 Å². The molecular formula is C17H19F3N4O2. The molecule has 1 aromatic heterocycles. The summed E-state index contributed by atoms with van der Waals surface area (Å²) in [4.78, 5) is 15.7. The zero-order valence-electron chi connectivity index (χ0n) is 13.9. The van der Waals surface area contributed by atoms with Crippen LogP contribution in [0.3, 0.4) is 0 Å². The van der Waals surface area contributed by atoms with Crippen molar-refractivity contribution in [2.24, 2.45) is 11.7 Å². The second kappa shape index (κ2) is 7.45. The largest absolute Gasteiger partial charge is 0.471 e. The molecule has 9 heteroatoms. The number of amides is 1. The zero-order valence-corrected chi connectivity index (χ0v) is 13.9. The maximum atomic E-state index is 12.5. The van der Waals surface area contributed by atoms with Crippen molar-refractivity contribution in [3.05, 3.63) is 35.7 Å². The molecule has 26 heavy (non-hydrogen) atoms. The summed E-state index contributed by atoms with van der Waals surface area (Å²) in [5.41, 5.74) is 6.51. The van der Waals surface area contributed by atoms with Gasteiger partial charge in [-0.2, -0.15) is 18.2 Å². The Hall–Kier alpha value is -2.42. The number of hydrogen-bond acceptors (Lipinski definition) is 5. The lowest BCUT2D eigenvalue weighted by Crippen LogP contribution is -2.44. The second-order valence-electron chi connectivity index (χ2n) is 6.36. The predicted molar refractivity (Wildman–Crippen MR) is 87.0 cm³/mol. The first-order chi connectivity index (χ1) is 12.4. The molecule has 3 rings (SSSR count). The van der Waals surface area contributed by atoms with Crippen LogP contribution in [-0.2, 0) is 6.18 Å². The van der Waals surface area contributed by atoms with E-state index in [2.05, 4.69) is 20.0 Å². The molecule has 1 aliphatic rings. The van der Waals surface area contributed by atoms with E-state index in [1.165, 1.54) is 24.3 Å². The molecule has 1 fully saturated rings. The number of nitrogens with one attached hydrogen (secondary N) is 1. The van der Waals surface area contributed by atoms with Gasteiger partial charge in [-0.25, -0.2) is 0 Å². The predicted octanol–water partition coefficient (Wildman–Crippen LogP) is 3.00. The van der Waals surface area contributed by atoms with Crippen molar-refractivity contribution in [2.75, 3.05) is 6.54 Å². The van der Waals surface area contributed by atoms with E-state index in [1.54, 1.807) is 0 Å². The highest BCUT2D eigenvalue weighted by Crippen LogP contribution is 2.29. The van der Waals surface area contributed by atoms with Gasteiger partial charge in [0.2, 0.25) is 5.82 Å². The number of nitrogens with zero attached hydrogens (tertiary/aromatic N) is 2. The van der Waals surface area contributed by atoms with Crippen LogP contribution in [0.1, 0.15) is 41.9 Å². The number of benzene rings is 1. The monoisotopic (exact) mass is 368 g/mol. The first-order valence-corrected chi connectivity index (χ1v) is 8.40. The molecule has 0 bridgehead atoms. The molecule has 0 aliphatic heterocycles. The summed E-state index contributed by atoms with van der Waals surface area (Å²) < 4.78 is 41.7. The molecule has 0 saturated heterocycles. The Labute approximate surface area is 148 Å². The van der Waals surface area contributed by atoms with Crippen molar-refractivity contribution < 1.29 is 22.5 Å². The van der Waals surface area contributed by atoms with Crippen molar-refractivity contribution in [3.8, 4) is 11.4 Å². The SMILES string of the molecule is NC[C@@H]1CCCC[C@H]1NC(=O)c1ccc(-c2noc(C(F)(F)F)n2)cc1. The molecule has 1 saturated carbocycles. The number of carbonyl (C=O) groups is 1. The number of carbonyl (C=O) groups excluding carboxylic acids is 1. The van der Waals surface area contributed by atoms with Crippen molar-refractivity contribution in [2.45, 2.75) is 37.9 Å². The lowest BCUT2D eigenvalue weighted by Gasteiger charge is -2.31. The molecule has 0 spiro atoms. The average molecular weight is 368 g/mol. The Balaban J connectivity index is 1.69. The molecular weight excluding hydrogens is 349 g/mol. The van der Waals surface area contributed by atoms with Gasteiger partial charge in [-0.05, 0) is 37.4 Å². The summed E-state index contributed by atoms with van der Waals surface area (Å²) in [7, 11) is 0. The number of alkyl halides is 3. The summed E-state index contributed by atoms with van der Waals surface area (Å²) in [6.45, 7) is 0.531. The van der Waals surface area contributed by atoms with Gasteiger partial charge in [-0.1, -0.05) is 30.1 Å². The van der Waals surface area contributed by atoms with Gasteiger partial charge in [0.25, 0.3) is 5.91 Å². The average Bonchev–Trinajstić information content (AvgIpc) is 3.13. The summed E-state index contributed by atoms with van der Waals surface area (Å²) in [5.74, 6) is -1.54. The Morgan fingerprint density at radius 3 is 2.54 bits per heavy atom. The van der Waals surface area contributed by atoms with Crippen molar-refractivity contribution in [1.29, 1.82) is 0 Å². The van der Waals surface area contributed by atoms with Crippen LogP contribution < -0.4 is 11.1 Å². The first-order valence-electron chi connectivity index (χ1n) is 8.40. The van der Waals surface area contributed by atoms with Crippen LogP contribution in [0.25, 0.3) is 11.4 Å². The first kappa shape index (κ1) is 18.4. The van der Waals surface area contributed by atoms with E-state index >= 15 is 0 Å². The van der Waals surface area contributed by atoms with E-state index in [-0.39, 0.29) is 23.7 Å². The molecule has 0 unspecified atom stereocenters. The van der Waals surface area contributed by atoms with E-state index in [1.807, 2.05) is 0 Å². The molecule has 1 aromatic carbocycles. The van der Waals surface area contributed by atoms with Crippen molar-refractivity contribution >= 4 is 5.91 Å². The number of halogens is 3. The van der Waals surface area contributed by atoms with E-state index in [0.29, 0.717) is 17.7 Å². The molecule has 1 heterocycles. The zero-order chi connectivity index (χ0) is 18.7. The fourth-order valence-corrected chi connectivity index (χ4v) is 3.16. The second-order valence-corrected chi connectivity index (χ2v) is 6.36. The number of nitrogens with two attached hydrogens (primary N) is 1. The van der Waals surface area contributed by atoms with Gasteiger partial charge in [-0.3, -0.25) is 4.79 Å². The summed E-state index contributed by atoms with van der Waals surface area (Å²) in [5, 5.41) is 6.32. The number of aromatic nitrogens is 2. The highest BCUT2D eigenvalue weighted by molar-refractivity contribution is 5.94. The molecule has 140 valence electrons. The van der Waals surface area contributed by atoms with Crippen LogP contribution in [0.5, 0.6) is 0 Å². The Morgan fingerprint density at radius 2 is 1.92 bits per heavy atom. The third-order valence-corrected chi connectivity index (χ3v) is 4.60. The molecule has 3 N–H and O–H groups in total. The minimum absolute atomic E-state index is 0.0486. The smallest absolute Gasteiger partial charge is 0.349 e. The Kier molecular flexibility index (Phi) is 5.26. The third-order valence-electron chi connectivity index (χ3n) is 4.60. The fraction of sp³-hybridized carbons (Fsp3) is 0.471. The maximum Gasteiger partial charge on any atom is 0.471 e. The summed E-state index contributed by atoms with van der Waals surface area (Å²) in [6, 6.07) is 6.07. The standard InChI is InChI=1S/C17H19F3N4O2/c18-17(19,20)16-23-14(24-26-16)10-5-7-11(8-6-10)15(25)22-13-4-2-1-3-12(13)9-21/h5-8,12-13H,1-4,9,21H2,(H,22,25)/t12-,13+/m0/s1. The van der Waals surface area contributed by atoms with Crippen LogP contribution in [0.2, 0.25) is 0 Å².